The summed E-state index contributed by atoms with van der Waals surface area (Å²) in [4.78, 5) is 19.3. The number of sulfone groups is 1. The predicted molar refractivity (Wildman–Crippen MR) is 151 cm³/mol. The average Bonchev–Trinajstić information content (AvgIpc) is 3.28. The Bertz CT molecular complexity index is 1550. The summed E-state index contributed by atoms with van der Waals surface area (Å²) >= 11 is 12.3. The number of hydrogen-bond acceptors (Lipinski definition) is 4. The molecule has 38 heavy (non-hydrogen) atoms. The van der Waals surface area contributed by atoms with Crippen molar-refractivity contribution in [2.24, 2.45) is 0 Å². The van der Waals surface area contributed by atoms with Crippen LogP contribution in [0.4, 0.5) is 0 Å². The third kappa shape index (κ3) is 6.54. The van der Waals surface area contributed by atoms with Gasteiger partial charge >= 0.3 is 0 Å². The maximum Gasteiger partial charge on any atom is 0.256 e. The average molecular weight is 569 g/mol. The van der Waals surface area contributed by atoms with Crippen molar-refractivity contribution in [2.45, 2.75) is 30.9 Å². The molecule has 0 aliphatic rings. The Hall–Kier alpha value is -3.39. The number of carbonyl (C=O) groups excluding carboxylic acids is 1. The molecule has 0 atom stereocenters. The minimum atomic E-state index is -3.80. The molecule has 0 saturated carbocycles. The molecule has 0 spiro atoms. The summed E-state index contributed by atoms with van der Waals surface area (Å²) in [6, 6.07) is 21.6. The first-order valence-corrected chi connectivity index (χ1v) is 14.3. The molecule has 1 amide bonds. The third-order valence-corrected chi connectivity index (χ3v) is 8.13. The molecule has 4 aromatic rings. The van der Waals surface area contributed by atoms with Crippen LogP contribution in [0.5, 0.6) is 0 Å². The van der Waals surface area contributed by atoms with E-state index in [-0.39, 0.29) is 41.5 Å². The normalized spacial score (nSPS) is 11.3. The van der Waals surface area contributed by atoms with Gasteiger partial charge in [-0.25, -0.2) is 13.4 Å². The Morgan fingerprint density at radius 1 is 1.03 bits per heavy atom. The maximum absolute atomic E-state index is 13.5. The molecule has 1 heterocycles. The lowest BCUT2D eigenvalue weighted by Crippen LogP contribution is -2.32. The monoisotopic (exact) mass is 567 g/mol. The van der Waals surface area contributed by atoms with E-state index in [0.29, 0.717) is 21.8 Å². The van der Waals surface area contributed by atoms with E-state index in [1.54, 1.807) is 34.9 Å². The van der Waals surface area contributed by atoms with Gasteiger partial charge in [0.2, 0.25) is 15.0 Å². The fraction of sp³-hybridized carbons (Fsp3) is 0.172. The first-order chi connectivity index (χ1) is 18.2. The number of carbonyl (C=O) groups is 1. The van der Waals surface area contributed by atoms with Crippen LogP contribution in [0.2, 0.25) is 10.0 Å². The van der Waals surface area contributed by atoms with Gasteiger partial charge in [0, 0.05) is 11.6 Å². The van der Waals surface area contributed by atoms with Gasteiger partial charge in [0.25, 0.3) is 5.91 Å². The van der Waals surface area contributed by atoms with E-state index in [4.69, 9.17) is 23.2 Å². The Morgan fingerprint density at radius 3 is 2.39 bits per heavy atom. The highest BCUT2D eigenvalue weighted by molar-refractivity contribution is 7.90. The topological polar surface area (TPSA) is 72.3 Å². The minimum absolute atomic E-state index is 0.0487. The van der Waals surface area contributed by atoms with Crippen molar-refractivity contribution in [2.75, 3.05) is 6.54 Å². The van der Waals surface area contributed by atoms with Crippen molar-refractivity contribution in [1.29, 1.82) is 0 Å². The number of halogens is 2. The van der Waals surface area contributed by atoms with E-state index in [2.05, 4.69) is 11.6 Å². The molecule has 0 bridgehead atoms. The van der Waals surface area contributed by atoms with Crippen molar-refractivity contribution < 1.29 is 13.2 Å². The molecular formula is C29H27Cl2N3O3S. The molecule has 0 aliphatic carbocycles. The van der Waals surface area contributed by atoms with Crippen LogP contribution in [-0.4, -0.2) is 35.3 Å². The molecule has 0 saturated heterocycles. The van der Waals surface area contributed by atoms with Gasteiger partial charge in [0.1, 0.15) is 0 Å². The Kier molecular flexibility index (Phi) is 8.72. The molecule has 0 N–H and O–H groups in total. The fourth-order valence-corrected chi connectivity index (χ4v) is 6.05. The summed E-state index contributed by atoms with van der Waals surface area (Å²) in [6.45, 7) is 6.32. The van der Waals surface area contributed by atoms with Gasteiger partial charge in [-0.2, -0.15) is 0 Å². The van der Waals surface area contributed by atoms with Crippen LogP contribution in [0.25, 0.3) is 0 Å². The zero-order chi connectivity index (χ0) is 27.3. The maximum atomic E-state index is 13.5. The molecular weight excluding hydrogens is 541 g/mol. The summed E-state index contributed by atoms with van der Waals surface area (Å²) in [5.41, 5.74) is 3.48. The van der Waals surface area contributed by atoms with Crippen LogP contribution < -0.4 is 0 Å². The highest BCUT2D eigenvalue weighted by atomic mass is 35.5. The second-order valence-corrected chi connectivity index (χ2v) is 11.7. The van der Waals surface area contributed by atoms with Crippen LogP contribution in [0.1, 0.15) is 32.7 Å². The van der Waals surface area contributed by atoms with E-state index in [9.17, 15) is 13.2 Å². The van der Waals surface area contributed by atoms with E-state index in [0.717, 1.165) is 11.1 Å². The summed E-state index contributed by atoms with van der Waals surface area (Å²) < 4.78 is 28.7. The summed E-state index contributed by atoms with van der Waals surface area (Å²) in [6.07, 6.45) is 3.12. The van der Waals surface area contributed by atoms with Gasteiger partial charge in [-0.15, -0.1) is 6.58 Å². The molecule has 1 aromatic heterocycles. The number of rotatable bonds is 10. The van der Waals surface area contributed by atoms with Gasteiger partial charge in [-0.1, -0.05) is 89.4 Å². The standard InChI is InChI=1S/C29H27Cl2N3O3S/c1-3-15-33(28(35)26-14-13-24(30)16-27(26)31)19-25-17-32-29(34(25)18-22-7-5-4-6-8-22)38(36,37)20-23-11-9-21(2)10-12-23/h3-14,16-17H,1,15,18-20H2,2H3. The second kappa shape index (κ2) is 12.0. The van der Waals surface area contributed by atoms with Crippen LogP contribution in [0, 0.1) is 6.92 Å². The molecule has 4 rings (SSSR count). The van der Waals surface area contributed by atoms with Crippen molar-refractivity contribution in [3.8, 4) is 0 Å². The third-order valence-electron chi connectivity index (χ3n) is 5.99. The summed E-state index contributed by atoms with van der Waals surface area (Å²) in [5.74, 6) is -0.517. The molecule has 3 aromatic carbocycles. The zero-order valence-electron chi connectivity index (χ0n) is 20.8. The molecule has 0 aliphatic heterocycles. The summed E-state index contributed by atoms with van der Waals surface area (Å²) in [5, 5.41) is 0.606. The van der Waals surface area contributed by atoms with Crippen LogP contribution >= 0.6 is 23.2 Å². The Balaban J connectivity index is 1.72. The van der Waals surface area contributed by atoms with E-state index >= 15 is 0 Å². The number of amides is 1. The highest BCUT2D eigenvalue weighted by Crippen LogP contribution is 2.25. The molecule has 0 radical (unpaired) electrons. The summed E-state index contributed by atoms with van der Waals surface area (Å²) in [7, 11) is -3.80. The lowest BCUT2D eigenvalue weighted by molar-refractivity contribution is 0.0759. The lowest BCUT2D eigenvalue weighted by atomic mass is 10.2. The second-order valence-electron chi connectivity index (χ2n) is 8.95. The van der Waals surface area contributed by atoms with Gasteiger partial charge in [0.05, 0.1) is 41.3 Å². The van der Waals surface area contributed by atoms with Crippen molar-refractivity contribution >= 4 is 38.9 Å². The number of aromatic nitrogens is 2. The molecule has 9 heteroatoms. The molecule has 0 unspecified atom stereocenters. The number of aryl methyl sites for hydroxylation is 1. The van der Waals surface area contributed by atoms with Crippen LogP contribution in [0.15, 0.2) is 96.8 Å². The predicted octanol–water partition coefficient (Wildman–Crippen LogP) is 6.35. The van der Waals surface area contributed by atoms with Gasteiger partial charge in [0.15, 0.2) is 0 Å². The molecule has 0 fully saturated rings. The van der Waals surface area contributed by atoms with Crippen molar-refractivity contribution in [1.82, 2.24) is 14.5 Å². The van der Waals surface area contributed by atoms with Gasteiger partial charge in [-0.05, 0) is 36.2 Å². The first-order valence-electron chi connectivity index (χ1n) is 11.9. The minimum Gasteiger partial charge on any atom is -0.329 e. The van der Waals surface area contributed by atoms with E-state index in [1.807, 2.05) is 49.4 Å². The first kappa shape index (κ1) is 27.6. The van der Waals surface area contributed by atoms with Crippen molar-refractivity contribution in [3.05, 3.63) is 130 Å². The van der Waals surface area contributed by atoms with Crippen LogP contribution in [-0.2, 0) is 28.7 Å². The molecule has 6 nitrogen and oxygen atoms in total. The largest absolute Gasteiger partial charge is 0.329 e. The van der Waals surface area contributed by atoms with Crippen molar-refractivity contribution in [3.63, 3.8) is 0 Å². The fourth-order valence-electron chi connectivity index (χ4n) is 4.07. The quantitative estimate of drug-likeness (QED) is 0.209. The SMILES string of the molecule is C=CCN(Cc1cnc(S(=O)(=O)Cc2ccc(C)cc2)n1Cc1ccccc1)C(=O)c1ccc(Cl)cc1Cl. The smallest absolute Gasteiger partial charge is 0.256 e. The molecule has 196 valence electrons. The number of nitrogens with zero attached hydrogens (tertiary/aromatic N) is 3. The highest BCUT2D eigenvalue weighted by Gasteiger charge is 2.26. The number of benzene rings is 3. The van der Waals surface area contributed by atoms with Gasteiger partial charge < -0.3 is 9.47 Å². The lowest BCUT2D eigenvalue weighted by Gasteiger charge is -2.23. The van der Waals surface area contributed by atoms with Gasteiger partial charge in [-0.3, -0.25) is 4.79 Å². The Morgan fingerprint density at radius 2 is 1.74 bits per heavy atom. The van der Waals surface area contributed by atoms with Crippen LogP contribution in [0.3, 0.4) is 0 Å². The zero-order valence-corrected chi connectivity index (χ0v) is 23.2. The van der Waals surface area contributed by atoms with E-state index in [1.165, 1.54) is 17.2 Å². The number of hydrogen-bond donors (Lipinski definition) is 0. The van der Waals surface area contributed by atoms with E-state index < -0.39 is 9.84 Å². The Labute approximate surface area is 233 Å². The number of imidazole rings is 1.